The van der Waals surface area contributed by atoms with E-state index in [9.17, 15) is 23.2 Å². The van der Waals surface area contributed by atoms with E-state index in [0.29, 0.717) is 0 Å². The number of alkyl halides is 3. The molecule has 37 heavy (non-hydrogen) atoms. The zero-order valence-corrected chi connectivity index (χ0v) is 19.8. The van der Waals surface area contributed by atoms with Crippen LogP contribution in [0.1, 0.15) is 50.6 Å². The number of halogens is 3. The quantitative estimate of drug-likeness (QED) is 0.159. The average Bonchev–Trinajstić information content (AvgIpc) is 2.90. The summed E-state index contributed by atoms with van der Waals surface area (Å²) in [7, 11) is 0. The van der Waals surface area contributed by atoms with E-state index in [4.69, 9.17) is 5.11 Å². The van der Waals surface area contributed by atoms with Crippen molar-refractivity contribution in [2.45, 2.75) is 25.4 Å². The molecule has 0 aliphatic heterocycles. The Hall–Kier alpha value is -4.46. The van der Waals surface area contributed by atoms with Crippen LogP contribution in [0.5, 0.6) is 0 Å². The maximum absolute atomic E-state index is 13.2. The summed E-state index contributed by atoms with van der Waals surface area (Å²) < 4.78 is 39.7. The predicted octanol–water partition coefficient (Wildman–Crippen LogP) is 7.17. The number of benzene rings is 3. The number of hydrogen-bond acceptors (Lipinski definition) is 4. The Bertz CT molecular complexity index is 1430. The van der Waals surface area contributed by atoms with Gasteiger partial charge in [-0.2, -0.15) is 13.2 Å². The molecule has 4 aromatic rings. The molecule has 188 valence electrons. The van der Waals surface area contributed by atoms with Crippen molar-refractivity contribution in [1.82, 2.24) is 4.98 Å². The van der Waals surface area contributed by atoms with Gasteiger partial charge in [0.2, 0.25) is 0 Å². The van der Waals surface area contributed by atoms with Gasteiger partial charge in [-0.1, -0.05) is 65.8 Å². The Kier molecular flexibility index (Phi) is 7.38. The summed E-state index contributed by atoms with van der Waals surface area (Å²) in [4.78, 5) is 14.5. The van der Waals surface area contributed by atoms with Crippen LogP contribution in [-0.4, -0.2) is 27.0 Å². The smallest absolute Gasteiger partial charge is 0.433 e. The first kappa shape index (κ1) is 25.6. The molecule has 1 heterocycles. The summed E-state index contributed by atoms with van der Waals surface area (Å²) in [6.07, 6.45) is -3.42. The zero-order chi connectivity index (χ0) is 26.6. The largest absolute Gasteiger partial charge is 0.478 e. The Morgan fingerprint density at radius 1 is 0.919 bits per heavy atom. The molecule has 1 atom stereocenters. The van der Waals surface area contributed by atoms with Gasteiger partial charge in [0.25, 0.3) is 0 Å². The van der Waals surface area contributed by atoms with Crippen molar-refractivity contribution in [3.05, 3.63) is 125 Å². The number of aryl methyl sites for hydroxylation is 1. The van der Waals surface area contributed by atoms with Crippen LogP contribution in [0.25, 0.3) is 11.1 Å². The monoisotopic (exact) mass is 504 g/mol. The number of carboxylic acid groups (broad SMARTS) is 1. The van der Waals surface area contributed by atoms with E-state index < -0.39 is 17.8 Å². The van der Waals surface area contributed by atoms with E-state index >= 15 is 0 Å². The maximum Gasteiger partial charge on any atom is 0.433 e. The SMILES string of the molecule is Cc1ccccc1C(CC(=NO)c1ccnc(C(F)(F)F)c1)c1ccc(-c2ccc(C(=O)O)cc2)cc1. The molecule has 8 heteroatoms. The Morgan fingerprint density at radius 3 is 2.11 bits per heavy atom. The molecule has 1 aromatic heterocycles. The third-order valence-electron chi connectivity index (χ3n) is 6.24. The van der Waals surface area contributed by atoms with Crippen molar-refractivity contribution < 1.29 is 28.3 Å². The highest BCUT2D eigenvalue weighted by molar-refractivity contribution is 6.01. The van der Waals surface area contributed by atoms with Crippen molar-refractivity contribution in [2.75, 3.05) is 0 Å². The van der Waals surface area contributed by atoms with E-state index in [1.165, 1.54) is 18.2 Å². The van der Waals surface area contributed by atoms with E-state index in [2.05, 4.69) is 10.1 Å². The number of aromatic nitrogens is 1. The fourth-order valence-corrected chi connectivity index (χ4v) is 4.27. The van der Waals surface area contributed by atoms with Gasteiger partial charge in [0.05, 0.1) is 11.3 Å². The van der Waals surface area contributed by atoms with Crippen molar-refractivity contribution >= 4 is 11.7 Å². The van der Waals surface area contributed by atoms with Crippen LogP contribution in [0.4, 0.5) is 13.2 Å². The molecule has 2 N–H and O–H groups in total. The summed E-state index contributed by atoms with van der Waals surface area (Å²) >= 11 is 0. The molecule has 0 spiro atoms. The molecule has 4 rings (SSSR count). The highest BCUT2D eigenvalue weighted by Crippen LogP contribution is 2.34. The average molecular weight is 505 g/mol. The van der Waals surface area contributed by atoms with E-state index in [1.54, 1.807) is 12.1 Å². The lowest BCUT2D eigenvalue weighted by atomic mass is 9.83. The van der Waals surface area contributed by atoms with Crippen molar-refractivity contribution in [3.63, 3.8) is 0 Å². The first-order chi connectivity index (χ1) is 17.7. The lowest BCUT2D eigenvalue weighted by Gasteiger charge is -2.21. The van der Waals surface area contributed by atoms with Gasteiger partial charge < -0.3 is 10.3 Å². The van der Waals surface area contributed by atoms with Crippen LogP contribution in [0.15, 0.2) is 96.3 Å². The Balaban J connectivity index is 1.70. The lowest BCUT2D eigenvalue weighted by Crippen LogP contribution is -2.14. The molecule has 0 saturated carbocycles. The summed E-state index contributed by atoms with van der Waals surface area (Å²) in [6, 6.07) is 24.1. The minimum absolute atomic E-state index is 0.106. The predicted molar refractivity (Wildman–Crippen MR) is 134 cm³/mol. The van der Waals surface area contributed by atoms with Gasteiger partial charge in [0, 0.05) is 24.1 Å². The van der Waals surface area contributed by atoms with E-state index in [-0.39, 0.29) is 29.2 Å². The summed E-state index contributed by atoms with van der Waals surface area (Å²) in [5.41, 5.74) is 3.93. The molecule has 0 saturated heterocycles. The number of hydrogen-bond donors (Lipinski definition) is 2. The van der Waals surface area contributed by atoms with Crippen LogP contribution in [0, 0.1) is 6.92 Å². The van der Waals surface area contributed by atoms with Gasteiger partial charge in [0.15, 0.2) is 0 Å². The molecule has 0 fully saturated rings. The van der Waals surface area contributed by atoms with Gasteiger partial charge in [0.1, 0.15) is 5.69 Å². The molecule has 0 aliphatic carbocycles. The van der Waals surface area contributed by atoms with Gasteiger partial charge >= 0.3 is 12.1 Å². The number of carboxylic acids is 1. The Labute approximate surface area is 211 Å². The lowest BCUT2D eigenvalue weighted by molar-refractivity contribution is -0.141. The minimum atomic E-state index is -4.62. The van der Waals surface area contributed by atoms with Crippen molar-refractivity contribution in [2.24, 2.45) is 5.16 Å². The van der Waals surface area contributed by atoms with Crippen molar-refractivity contribution in [3.8, 4) is 11.1 Å². The molecule has 0 radical (unpaired) electrons. The highest BCUT2D eigenvalue weighted by Gasteiger charge is 2.33. The van der Waals surface area contributed by atoms with Crippen LogP contribution in [0.2, 0.25) is 0 Å². The second kappa shape index (κ2) is 10.7. The van der Waals surface area contributed by atoms with Crippen LogP contribution < -0.4 is 0 Å². The second-order valence-corrected chi connectivity index (χ2v) is 8.59. The number of pyridine rings is 1. The van der Waals surface area contributed by atoms with Crippen molar-refractivity contribution in [1.29, 1.82) is 0 Å². The van der Waals surface area contributed by atoms with E-state index in [0.717, 1.165) is 40.1 Å². The number of aromatic carboxylic acids is 1. The number of carbonyl (C=O) groups is 1. The third kappa shape index (κ3) is 5.86. The van der Waals surface area contributed by atoms with Gasteiger partial charge in [-0.25, -0.2) is 4.79 Å². The second-order valence-electron chi connectivity index (χ2n) is 8.59. The molecule has 0 bridgehead atoms. The van der Waals surface area contributed by atoms with Gasteiger partial charge in [-0.15, -0.1) is 0 Å². The zero-order valence-electron chi connectivity index (χ0n) is 19.8. The molecule has 3 aromatic carbocycles. The summed E-state index contributed by atoms with van der Waals surface area (Å²) in [5.74, 6) is -1.31. The Morgan fingerprint density at radius 2 is 1.54 bits per heavy atom. The molecular weight excluding hydrogens is 481 g/mol. The summed E-state index contributed by atoms with van der Waals surface area (Å²) in [6.45, 7) is 1.95. The van der Waals surface area contributed by atoms with Gasteiger partial charge in [-0.05, 0) is 59.0 Å². The fraction of sp³-hybridized carbons (Fsp3) is 0.138. The number of rotatable bonds is 7. The number of oxime groups is 1. The first-order valence-electron chi connectivity index (χ1n) is 11.4. The first-order valence-corrected chi connectivity index (χ1v) is 11.4. The number of nitrogens with zero attached hydrogens (tertiary/aromatic N) is 2. The fourth-order valence-electron chi connectivity index (χ4n) is 4.27. The van der Waals surface area contributed by atoms with Gasteiger partial charge in [-0.3, -0.25) is 4.98 Å². The normalized spacial score (nSPS) is 12.8. The van der Waals surface area contributed by atoms with Crippen LogP contribution in [0.3, 0.4) is 0 Å². The van der Waals surface area contributed by atoms with E-state index in [1.807, 2.05) is 55.5 Å². The maximum atomic E-state index is 13.2. The highest BCUT2D eigenvalue weighted by atomic mass is 19.4. The molecule has 0 amide bonds. The molecule has 5 nitrogen and oxygen atoms in total. The van der Waals surface area contributed by atoms with Crippen LogP contribution >= 0.6 is 0 Å². The standard InChI is InChI=1S/C29H23F3N2O3/c1-18-4-2-3-5-24(18)25(17-26(34-37)23-14-15-33-27(16-23)29(30,31)32)21-10-6-19(7-11-21)20-8-12-22(13-9-20)28(35)36/h2-16,25,37H,17H2,1H3,(H,35,36). The molecule has 0 aliphatic rings. The minimum Gasteiger partial charge on any atom is -0.478 e. The summed E-state index contributed by atoms with van der Waals surface area (Å²) in [5, 5.41) is 22.3. The third-order valence-corrected chi connectivity index (χ3v) is 6.24. The molecular formula is C29H23F3N2O3. The van der Waals surface area contributed by atoms with Crippen LogP contribution in [-0.2, 0) is 6.18 Å². The topological polar surface area (TPSA) is 82.8 Å². The molecule has 1 unspecified atom stereocenters.